The van der Waals surface area contributed by atoms with Gasteiger partial charge in [-0.3, -0.25) is 14.9 Å². The van der Waals surface area contributed by atoms with Gasteiger partial charge < -0.3 is 30.2 Å². The number of imidazole rings is 1. The summed E-state index contributed by atoms with van der Waals surface area (Å²) in [5.74, 6) is -1.59. The number of alkyl carbamates (subject to hydrolysis) is 1. The number of hydrogen-bond donors (Lipinski definition) is 5. The molecule has 0 radical (unpaired) electrons. The van der Waals surface area contributed by atoms with Gasteiger partial charge in [-0.1, -0.05) is 31.5 Å². The molecule has 1 aromatic heterocycles. The number of anilines is 2. The Kier molecular flexibility index (Phi) is 7.86. The van der Waals surface area contributed by atoms with Crippen LogP contribution in [0.2, 0.25) is 0 Å². The highest BCUT2D eigenvalue weighted by atomic mass is 16.5. The zero-order valence-corrected chi connectivity index (χ0v) is 20.1. The van der Waals surface area contributed by atoms with Gasteiger partial charge >= 0.3 is 12.1 Å². The predicted molar refractivity (Wildman–Crippen MR) is 133 cm³/mol. The van der Waals surface area contributed by atoms with Gasteiger partial charge in [-0.2, -0.15) is 0 Å². The van der Waals surface area contributed by atoms with E-state index in [0.29, 0.717) is 28.9 Å². The number of H-pyrrole nitrogens is 1. The van der Waals surface area contributed by atoms with Crippen molar-refractivity contribution < 1.29 is 33.8 Å². The number of benzene rings is 2. The Morgan fingerprint density at radius 2 is 2.03 bits per heavy atom. The number of aliphatic carboxylic acids is 1. The van der Waals surface area contributed by atoms with Gasteiger partial charge in [0.1, 0.15) is 11.8 Å². The van der Waals surface area contributed by atoms with Crippen LogP contribution < -0.4 is 20.7 Å². The van der Waals surface area contributed by atoms with Gasteiger partial charge in [0.05, 0.1) is 29.7 Å². The first-order valence-corrected chi connectivity index (χ1v) is 11.8. The Hall–Kier alpha value is -4.61. The third kappa shape index (κ3) is 6.54. The van der Waals surface area contributed by atoms with Gasteiger partial charge in [0.2, 0.25) is 11.9 Å². The van der Waals surface area contributed by atoms with Crippen molar-refractivity contribution in [3.8, 4) is 5.75 Å². The molecule has 12 heteroatoms. The average molecular weight is 510 g/mol. The van der Waals surface area contributed by atoms with Gasteiger partial charge in [0.25, 0.3) is 5.91 Å². The second kappa shape index (κ2) is 11.4. The smallest absolute Gasteiger partial charge is 0.407 e. The first kappa shape index (κ1) is 25.5. The number of fused-ring (bicyclic) bond motifs is 2. The summed E-state index contributed by atoms with van der Waals surface area (Å²) < 4.78 is 10.7. The number of aromatic nitrogens is 2. The number of carboxylic acids is 1. The van der Waals surface area contributed by atoms with Crippen LogP contribution in [-0.4, -0.2) is 57.7 Å². The first-order chi connectivity index (χ1) is 17.8. The standard InChI is InChI=1S/C25H27N5O7/c1-2-3-10-36-25(35)29-18(23(33)34)12-14-8-9-19-17(11-14)26-22(32)20(37-19)13-21(31)30-24-27-15-6-4-5-7-16(15)28-24/h4-9,11,18,20H,2-3,10,12-13H2,1H3,(H,26,32)(H,29,35)(H,33,34)(H2,27,28,30,31). The Morgan fingerprint density at radius 3 is 2.78 bits per heavy atom. The number of carbonyl (C=O) groups excluding carboxylic acids is 3. The van der Waals surface area contributed by atoms with E-state index in [0.717, 1.165) is 11.9 Å². The molecule has 2 atom stereocenters. The predicted octanol–water partition coefficient (Wildman–Crippen LogP) is 2.81. The molecule has 0 bridgehead atoms. The number of aromatic amines is 1. The highest BCUT2D eigenvalue weighted by Crippen LogP contribution is 2.31. The maximum absolute atomic E-state index is 12.6. The van der Waals surface area contributed by atoms with Crippen LogP contribution in [0.3, 0.4) is 0 Å². The van der Waals surface area contributed by atoms with Gasteiger partial charge in [0.15, 0.2) is 6.10 Å². The van der Waals surface area contributed by atoms with Crippen molar-refractivity contribution in [1.82, 2.24) is 15.3 Å². The van der Waals surface area contributed by atoms with Crippen LogP contribution in [0.4, 0.5) is 16.4 Å². The van der Waals surface area contributed by atoms with Crippen LogP contribution >= 0.6 is 0 Å². The zero-order valence-electron chi connectivity index (χ0n) is 20.1. The minimum Gasteiger partial charge on any atom is -0.480 e. The number of rotatable bonds is 10. The number of unbranched alkanes of at least 4 members (excludes halogenated alkanes) is 1. The maximum Gasteiger partial charge on any atom is 0.407 e. The molecule has 3 aromatic rings. The third-order valence-electron chi connectivity index (χ3n) is 5.64. The van der Waals surface area contributed by atoms with E-state index in [1.54, 1.807) is 24.3 Å². The fraction of sp³-hybridized carbons (Fsp3) is 0.320. The van der Waals surface area contributed by atoms with E-state index in [9.17, 15) is 24.3 Å². The number of hydrogen-bond acceptors (Lipinski definition) is 7. The van der Waals surface area contributed by atoms with Crippen LogP contribution in [0, 0.1) is 0 Å². The number of para-hydroxylation sites is 2. The SMILES string of the molecule is CCCCOC(=O)NC(Cc1ccc2c(c1)NC(=O)C(CC(=O)Nc1nc3ccccc3[nH]1)O2)C(=O)O. The van der Waals surface area contributed by atoms with E-state index in [4.69, 9.17) is 9.47 Å². The molecule has 2 aromatic carbocycles. The van der Waals surface area contributed by atoms with Gasteiger partial charge in [0, 0.05) is 6.42 Å². The monoisotopic (exact) mass is 509 g/mol. The Labute approximate surface area is 211 Å². The van der Waals surface area contributed by atoms with Crippen molar-refractivity contribution in [2.24, 2.45) is 0 Å². The number of carboxylic acid groups (broad SMARTS) is 1. The fourth-order valence-corrected chi connectivity index (χ4v) is 3.75. The summed E-state index contributed by atoms with van der Waals surface area (Å²) in [4.78, 5) is 55.8. The number of ether oxygens (including phenoxy) is 2. The summed E-state index contributed by atoms with van der Waals surface area (Å²) in [5.41, 5.74) is 2.35. The molecule has 12 nitrogen and oxygen atoms in total. The molecular weight excluding hydrogens is 482 g/mol. The van der Waals surface area contributed by atoms with E-state index < -0.39 is 36.0 Å². The molecule has 2 unspecified atom stereocenters. The maximum atomic E-state index is 12.6. The Balaban J connectivity index is 1.35. The van der Waals surface area contributed by atoms with E-state index in [1.807, 2.05) is 25.1 Å². The average Bonchev–Trinajstić information content (AvgIpc) is 3.26. The fourth-order valence-electron chi connectivity index (χ4n) is 3.75. The summed E-state index contributed by atoms with van der Waals surface area (Å²) >= 11 is 0. The second-order valence-electron chi connectivity index (χ2n) is 8.51. The molecule has 1 aliphatic heterocycles. The Morgan fingerprint density at radius 1 is 1.22 bits per heavy atom. The lowest BCUT2D eigenvalue weighted by Gasteiger charge is -2.26. The highest BCUT2D eigenvalue weighted by molar-refractivity contribution is 6.02. The molecule has 1 aliphatic rings. The van der Waals surface area contributed by atoms with Gasteiger partial charge in [-0.15, -0.1) is 0 Å². The van der Waals surface area contributed by atoms with E-state index >= 15 is 0 Å². The molecule has 194 valence electrons. The minimum atomic E-state index is -1.22. The molecule has 0 saturated heterocycles. The van der Waals surface area contributed by atoms with Crippen molar-refractivity contribution in [2.45, 2.75) is 44.8 Å². The van der Waals surface area contributed by atoms with Crippen molar-refractivity contribution >= 4 is 46.5 Å². The van der Waals surface area contributed by atoms with E-state index in [2.05, 4.69) is 25.9 Å². The molecule has 3 amide bonds. The van der Waals surface area contributed by atoms with Crippen molar-refractivity contribution in [3.63, 3.8) is 0 Å². The molecule has 0 fully saturated rings. The number of amides is 3. The topological polar surface area (TPSA) is 172 Å². The van der Waals surface area contributed by atoms with Crippen molar-refractivity contribution in [3.05, 3.63) is 48.0 Å². The lowest BCUT2D eigenvalue weighted by molar-refractivity contribution is -0.139. The zero-order chi connectivity index (χ0) is 26.4. The summed E-state index contributed by atoms with van der Waals surface area (Å²) in [6.07, 6.45) is -0.628. The van der Waals surface area contributed by atoms with Crippen LogP contribution in [0.1, 0.15) is 31.7 Å². The quantitative estimate of drug-likeness (QED) is 0.260. The lowest BCUT2D eigenvalue weighted by atomic mass is 10.0. The van der Waals surface area contributed by atoms with Crippen LogP contribution in [0.15, 0.2) is 42.5 Å². The molecule has 0 aliphatic carbocycles. The molecule has 4 rings (SSSR count). The minimum absolute atomic E-state index is 0.0370. The summed E-state index contributed by atoms with van der Waals surface area (Å²) in [6, 6.07) is 10.9. The molecule has 37 heavy (non-hydrogen) atoms. The normalized spacial score (nSPS) is 15.2. The van der Waals surface area contributed by atoms with Crippen molar-refractivity contribution in [1.29, 1.82) is 0 Å². The number of nitrogens with one attached hydrogen (secondary N) is 4. The van der Waals surface area contributed by atoms with Crippen molar-refractivity contribution in [2.75, 3.05) is 17.2 Å². The first-order valence-electron chi connectivity index (χ1n) is 11.8. The van der Waals surface area contributed by atoms with Gasteiger partial charge in [-0.05, 0) is 36.2 Å². The number of carbonyl (C=O) groups is 4. The highest BCUT2D eigenvalue weighted by Gasteiger charge is 2.31. The van der Waals surface area contributed by atoms with E-state index in [-0.39, 0.29) is 25.4 Å². The van der Waals surface area contributed by atoms with Crippen LogP contribution in [0.5, 0.6) is 5.75 Å². The lowest BCUT2D eigenvalue weighted by Crippen LogP contribution is -2.42. The summed E-state index contributed by atoms with van der Waals surface area (Å²) in [6.45, 7) is 2.15. The molecule has 2 heterocycles. The summed E-state index contributed by atoms with van der Waals surface area (Å²) in [7, 11) is 0. The largest absolute Gasteiger partial charge is 0.480 e. The molecule has 5 N–H and O–H groups in total. The van der Waals surface area contributed by atoms with Crippen LogP contribution in [0.25, 0.3) is 11.0 Å². The van der Waals surface area contributed by atoms with E-state index in [1.165, 1.54) is 0 Å². The molecular formula is C25H27N5O7. The third-order valence-corrected chi connectivity index (χ3v) is 5.64. The van der Waals surface area contributed by atoms with Crippen LogP contribution in [-0.2, 0) is 25.5 Å². The summed E-state index contributed by atoms with van der Waals surface area (Å²) in [5, 5.41) is 17.2. The molecule has 0 saturated carbocycles. The molecule has 0 spiro atoms. The Bertz CT molecular complexity index is 1290. The second-order valence-corrected chi connectivity index (χ2v) is 8.51. The number of nitrogens with zero attached hydrogens (tertiary/aromatic N) is 1. The van der Waals surface area contributed by atoms with Gasteiger partial charge in [-0.25, -0.2) is 14.6 Å².